The van der Waals surface area contributed by atoms with Gasteiger partial charge in [0, 0.05) is 19.0 Å². The molecule has 5 nitrogen and oxygen atoms in total. The SMILES string of the molecule is CCc1cc2c(c(C(F)(F)F)c1)C(=O)NC1CN(C(=O)OC(C)(C)C)CC21. The maximum absolute atomic E-state index is 13.5. The Labute approximate surface area is 155 Å². The summed E-state index contributed by atoms with van der Waals surface area (Å²) >= 11 is 0. The minimum absolute atomic E-state index is 0.206. The van der Waals surface area contributed by atoms with Crippen LogP contribution < -0.4 is 5.32 Å². The van der Waals surface area contributed by atoms with Gasteiger partial charge in [-0.2, -0.15) is 13.2 Å². The first-order valence-corrected chi connectivity index (χ1v) is 8.93. The number of aryl methyl sites for hydroxylation is 1. The number of benzene rings is 1. The lowest BCUT2D eigenvalue weighted by Gasteiger charge is -2.30. The molecule has 2 aliphatic rings. The fourth-order valence-electron chi connectivity index (χ4n) is 3.68. The van der Waals surface area contributed by atoms with Crippen molar-refractivity contribution in [2.24, 2.45) is 0 Å². The average Bonchev–Trinajstić information content (AvgIpc) is 2.95. The molecule has 2 unspecified atom stereocenters. The highest BCUT2D eigenvalue weighted by molar-refractivity contribution is 5.99. The topological polar surface area (TPSA) is 58.6 Å². The highest BCUT2D eigenvalue weighted by Gasteiger charge is 2.47. The van der Waals surface area contributed by atoms with Gasteiger partial charge in [0.05, 0.1) is 17.2 Å². The summed E-state index contributed by atoms with van der Waals surface area (Å²) in [6.07, 6.45) is -4.73. The summed E-state index contributed by atoms with van der Waals surface area (Å²) in [4.78, 5) is 26.3. The van der Waals surface area contributed by atoms with Gasteiger partial charge in [-0.15, -0.1) is 0 Å². The van der Waals surface area contributed by atoms with E-state index in [1.165, 1.54) is 4.90 Å². The lowest BCUT2D eigenvalue weighted by Crippen LogP contribution is -2.45. The standard InChI is InChI=1S/C19H23F3N2O3/c1-5-10-6-11-12-8-24(17(26)27-18(2,3)4)9-14(12)23-16(25)15(11)13(7-10)19(20,21)22/h6-7,12,14H,5,8-9H2,1-4H3,(H,23,25). The first-order chi connectivity index (χ1) is 12.4. The molecule has 0 radical (unpaired) electrons. The van der Waals surface area contributed by atoms with Crippen LogP contribution in [0.15, 0.2) is 12.1 Å². The summed E-state index contributed by atoms with van der Waals surface area (Å²) in [7, 11) is 0. The molecule has 1 N–H and O–H groups in total. The molecular formula is C19H23F3N2O3. The zero-order valence-electron chi connectivity index (χ0n) is 15.7. The number of halogens is 3. The molecule has 0 aliphatic carbocycles. The van der Waals surface area contributed by atoms with Crippen molar-refractivity contribution in [1.82, 2.24) is 10.2 Å². The molecule has 0 spiro atoms. The van der Waals surface area contributed by atoms with Gasteiger partial charge >= 0.3 is 12.3 Å². The molecule has 1 aromatic rings. The van der Waals surface area contributed by atoms with Gasteiger partial charge in [0.2, 0.25) is 0 Å². The van der Waals surface area contributed by atoms with Crippen molar-refractivity contribution in [2.45, 2.75) is 57.9 Å². The number of amides is 2. The van der Waals surface area contributed by atoms with Crippen LogP contribution in [0, 0.1) is 0 Å². The largest absolute Gasteiger partial charge is 0.444 e. The van der Waals surface area contributed by atoms with Crippen molar-refractivity contribution in [3.63, 3.8) is 0 Å². The number of likely N-dealkylation sites (tertiary alicyclic amines) is 1. The van der Waals surface area contributed by atoms with E-state index in [9.17, 15) is 22.8 Å². The lowest BCUT2D eigenvalue weighted by molar-refractivity contribution is -0.138. The smallest absolute Gasteiger partial charge is 0.417 e. The average molecular weight is 384 g/mol. The summed E-state index contributed by atoms with van der Waals surface area (Å²) in [5, 5.41) is 2.64. The van der Waals surface area contributed by atoms with Crippen molar-refractivity contribution >= 4 is 12.0 Å². The Bertz CT molecular complexity index is 784. The molecule has 0 bridgehead atoms. The molecule has 2 aliphatic heterocycles. The number of alkyl halides is 3. The normalized spacial score (nSPS) is 22.2. The van der Waals surface area contributed by atoms with E-state index in [0.29, 0.717) is 17.5 Å². The van der Waals surface area contributed by atoms with Crippen molar-refractivity contribution < 1.29 is 27.5 Å². The Morgan fingerprint density at radius 2 is 1.93 bits per heavy atom. The molecule has 0 aromatic heterocycles. The Hall–Kier alpha value is -2.25. The van der Waals surface area contributed by atoms with E-state index < -0.39 is 41.3 Å². The number of nitrogens with zero attached hydrogens (tertiary/aromatic N) is 1. The van der Waals surface area contributed by atoms with Crippen LogP contribution in [0.1, 0.15) is 60.7 Å². The second kappa shape index (κ2) is 6.42. The van der Waals surface area contributed by atoms with Crippen LogP contribution in [0.5, 0.6) is 0 Å². The number of fused-ring (bicyclic) bond motifs is 3. The van der Waals surface area contributed by atoms with Crippen LogP contribution in [-0.4, -0.2) is 41.6 Å². The Morgan fingerprint density at radius 1 is 1.26 bits per heavy atom. The van der Waals surface area contributed by atoms with E-state index >= 15 is 0 Å². The summed E-state index contributed by atoms with van der Waals surface area (Å²) in [5.74, 6) is -1.13. The van der Waals surface area contributed by atoms with Gasteiger partial charge in [0.15, 0.2) is 0 Å². The van der Waals surface area contributed by atoms with E-state index in [1.807, 2.05) is 0 Å². The predicted molar refractivity (Wildman–Crippen MR) is 92.6 cm³/mol. The maximum Gasteiger partial charge on any atom is 0.417 e. The molecular weight excluding hydrogens is 361 g/mol. The van der Waals surface area contributed by atoms with Crippen molar-refractivity contribution in [1.29, 1.82) is 0 Å². The van der Waals surface area contributed by atoms with Crippen molar-refractivity contribution in [2.75, 3.05) is 13.1 Å². The Morgan fingerprint density at radius 3 is 2.48 bits per heavy atom. The van der Waals surface area contributed by atoms with E-state index in [1.54, 1.807) is 33.8 Å². The van der Waals surface area contributed by atoms with E-state index in [4.69, 9.17) is 4.74 Å². The molecule has 1 saturated heterocycles. The highest BCUT2D eigenvalue weighted by Crippen LogP contribution is 2.41. The van der Waals surface area contributed by atoms with Gasteiger partial charge < -0.3 is 15.0 Å². The third kappa shape index (κ3) is 3.75. The molecule has 27 heavy (non-hydrogen) atoms. The fraction of sp³-hybridized carbons (Fsp3) is 0.579. The predicted octanol–water partition coefficient (Wildman–Crippen LogP) is 3.71. The van der Waals surface area contributed by atoms with Gasteiger partial charge in [-0.05, 0) is 44.4 Å². The molecule has 3 rings (SSSR count). The number of rotatable bonds is 1. The molecule has 8 heteroatoms. The van der Waals surface area contributed by atoms with Gasteiger partial charge in [0.1, 0.15) is 5.60 Å². The molecule has 2 heterocycles. The molecule has 2 amide bonds. The summed E-state index contributed by atoms with van der Waals surface area (Å²) in [5.41, 5.74) is -1.03. The summed E-state index contributed by atoms with van der Waals surface area (Å²) in [6.45, 7) is 7.42. The van der Waals surface area contributed by atoms with E-state index in [0.717, 1.165) is 6.07 Å². The molecule has 1 fully saturated rings. The van der Waals surface area contributed by atoms with Gasteiger partial charge in [0.25, 0.3) is 5.91 Å². The Balaban J connectivity index is 2.00. The minimum atomic E-state index is -4.62. The third-order valence-corrected chi connectivity index (χ3v) is 4.86. The van der Waals surface area contributed by atoms with Crippen LogP contribution in [0.25, 0.3) is 0 Å². The van der Waals surface area contributed by atoms with Gasteiger partial charge in [-0.1, -0.05) is 13.0 Å². The van der Waals surface area contributed by atoms with Gasteiger partial charge in [-0.3, -0.25) is 4.79 Å². The summed E-state index contributed by atoms with van der Waals surface area (Å²) < 4.78 is 46.0. The second-order valence-corrected chi connectivity index (χ2v) is 8.03. The van der Waals surface area contributed by atoms with Crippen LogP contribution in [0.2, 0.25) is 0 Å². The lowest BCUT2D eigenvalue weighted by atomic mass is 9.82. The number of hydrogen-bond acceptors (Lipinski definition) is 3. The molecule has 1 aromatic carbocycles. The molecule has 0 saturated carbocycles. The number of hydrogen-bond donors (Lipinski definition) is 1. The second-order valence-electron chi connectivity index (χ2n) is 8.03. The highest BCUT2D eigenvalue weighted by atomic mass is 19.4. The summed E-state index contributed by atoms with van der Waals surface area (Å²) in [6, 6.07) is 2.28. The van der Waals surface area contributed by atoms with Crippen LogP contribution >= 0.6 is 0 Å². The Kier molecular flexibility index (Phi) is 4.64. The number of carbonyl (C=O) groups excluding carboxylic acids is 2. The van der Waals surface area contributed by atoms with Crippen molar-refractivity contribution in [3.05, 3.63) is 34.4 Å². The van der Waals surface area contributed by atoms with Crippen molar-refractivity contribution in [3.8, 4) is 0 Å². The van der Waals surface area contributed by atoms with Crippen LogP contribution in [-0.2, 0) is 17.3 Å². The third-order valence-electron chi connectivity index (χ3n) is 4.86. The quantitative estimate of drug-likeness (QED) is 0.803. The van der Waals surface area contributed by atoms with Gasteiger partial charge in [-0.25, -0.2) is 4.79 Å². The fourth-order valence-corrected chi connectivity index (χ4v) is 3.68. The zero-order valence-corrected chi connectivity index (χ0v) is 15.7. The first kappa shape index (κ1) is 19.5. The number of ether oxygens (including phenoxy) is 1. The first-order valence-electron chi connectivity index (χ1n) is 8.93. The molecule has 2 atom stereocenters. The van der Waals surface area contributed by atoms with E-state index in [-0.39, 0.29) is 18.7 Å². The molecule has 148 valence electrons. The van der Waals surface area contributed by atoms with Crippen LogP contribution in [0.3, 0.4) is 0 Å². The van der Waals surface area contributed by atoms with Crippen LogP contribution in [0.4, 0.5) is 18.0 Å². The van der Waals surface area contributed by atoms with E-state index in [2.05, 4.69) is 5.32 Å². The monoisotopic (exact) mass is 384 g/mol. The zero-order chi connectivity index (χ0) is 20.1. The number of nitrogens with one attached hydrogen (secondary N) is 1. The number of carbonyl (C=O) groups is 2. The maximum atomic E-state index is 13.5. The minimum Gasteiger partial charge on any atom is -0.444 e.